The Bertz CT molecular complexity index is 2810. The van der Waals surface area contributed by atoms with Crippen LogP contribution < -0.4 is 4.90 Å². The number of nitrogens with zero attached hydrogens (tertiary/aromatic N) is 3. The van der Waals surface area contributed by atoms with Gasteiger partial charge in [0.15, 0.2) is 0 Å². The van der Waals surface area contributed by atoms with Crippen molar-refractivity contribution >= 4 is 60.6 Å². The van der Waals surface area contributed by atoms with Gasteiger partial charge in [0.1, 0.15) is 0 Å². The lowest BCUT2D eigenvalue weighted by molar-refractivity contribution is 1.09. The van der Waals surface area contributed by atoms with Crippen molar-refractivity contribution in [3.63, 3.8) is 0 Å². The second-order valence-corrected chi connectivity index (χ2v) is 13.4. The van der Waals surface area contributed by atoms with Crippen LogP contribution in [-0.4, -0.2) is 15.7 Å². The Labute approximate surface area is 302 Å². The molecule has 0 bridgehead atoms. The van der Waals surface area contributed by atoms with Crippen molar-refractivity contribution in [3.8, 4) is 22.5 Å². The molecule has 0 N–H and O–H groups in total. The molecule has 3 heteroatoms. The minimum Gasteiger partial charge on any atom is -0.337 e. The van der Waals surface area contributed by atoms with E-state index in [1.54, 1.807) is 0 Å². The van der Waals surface area contributed by atoms with Crippen molar-refractivity contribution in [1.82, 2.24) is 9.13 Å². The van der Waals surface area contributed by atoms with Gasteiger partial charge in [-0.25, -0.2) is 0 Å². The molecule has 10 rings (SSSR count). The lowest BCUT2D eigenvalue weighted by Crippen LogP contribution is -2.18. The molecule has 0 saturated heterocycles. The number of para-hydroxylation sites is 3. The van der Waals surface area contributed by atoms with Gasteiger partial charge < -0.3 is 14.0 Å². The summed E-state index contributed by atoms with van der Waals surface area (Å²) in [5.74, 6) is 0. The molecule has 3 nitrogen and oxygen atoms in total. The highest BCUT2D eigenvalue weighted by Gasteiger charge is 2.23. The number of hydrogen-bond acceptors (Lipinski definition) is 1. The van der Waals surface area contributed by atoms with E-state index in [4.69, 9.17) is 0 Å². The molecule has 0 radical (unpaired) electrons. The Balaban J connectivity index is 1.15. The van der Waals surface area contributed by atoms with Crippen LogP contribution in [0.4, 0.5) is 11.4 Å². The van der Waals surface area contributed by atoms with Crippen molar-refractivity contribution in [1.29, 1.82) is 0 Å². The van der Waals surface area contributed by atoms with E-state index in [0.717, 1.165) is 45.9 Å². The molecule has 9 aromatic rings. The van der Waals surface area contributed by atoms with Gasteiger partial charge in [0, 0.05) is 50.7 Å². The van der Waals surface area contributed by atoms with E-state index in [1.807, 2.05) is 0 Å². The fraction of sp³-hybridized carbons (Fsp3) is 0.0204. The average Bonchev–Trinajstić information content (AvgIpc) is 3.74. The predicted octanol–water partition coefficient (Wildman–Crippen LogP) is 12.8. The predicted molar refractivity (Wildman–Crippen MR) is 221 cm³/mol. The lowest BCUT2D eigenvalue weighted by Gasteiger charge is -2.27. The third-order valence-electron chi connectivity index (χ3n) is 10.5. The maximum absolute atomic E-state index is 4.68. The Morgan fingerprint density at radius 2 is 0.942 bits per heavy atom. The standard InChI is InChI=1S/C49H35N3/c1-34-14-4-3-13-33-50(37-27-29-38(30-28-37)51-44-20-10-7-17-40(44)41-18-8-11-21-45(41)51)47-32-31-43-42-19-9-12-22-46(42)52(49(43)48(34)47)39-25-23-36(24-26-39)35-15-5-2-6-16-35/h2-32H,1,33H2/b13-3-,14-4-. The van der Waals surface area contributed by atoms with Gasteiger partial charge in [0.2, 0.25) is 0 Å². The van der Waals surface area contributed by atoms with Gasteiger partial charge in [-0.2, -0.15) is 0 Å². The number of allylic oxidation sites excluding steroid dienone is 4. The minimum atomic E-state index is 0.719. The number of rotatable bonds is 4. The van der Waals surface area contributed by atoms with Crippen LogP contribution in [0.25, 0.3) is 71.7 Å². The lowest BCUT2D eigenvalue weighted by atomic mass is 9.99. The number of aromatic nitrogens is 2. The van der Waals surface area contributed by atoms with Crippen molar-refractivity contribution in [2.24, 2.45) is 0 Å². The Kier molecular flexibility index (Phi) is 7.04. The normalized spacial score (nSPS) is 14.4. The van der Waals surface area contributed by atoms with Crippen molar-refractivity contribution < 1.29 is 0 Å². The zero-order chi connectivity index (χ0) is 34.6. The third kappa shape index (κ3) is 4.74. The Morgan fingerprint density at radius 1 is 0.423 bits per heavy atom. The molecule has 52 heavy (non-hydrogen) atoms. The molecular weight excluding hydrogens is 631 g/mol. The van der Waals surface area contributed by atoms with Crippen LogP contribution in [0.15, 0.2) is 195 Å². The highest BCUT2D eigenvalue weighted by Crippen LogP contribution is 2.43. The van der Waals surface area contributed by atoms with Crippen LogP contribution in [-0.2, 0) is 0 Å². The van der Waals surface area contributed by atoms with Gasteiger partial charge in [0.25, 0.3) is 0 Å². The summed E-state index contributed by atoms with van der Waals surface area (Å²) in [6, 6.07) is 59.2. The monoisotopic (exact) mass is 665 g/mol. The second-order valence-electron chi connectivity index (χ2n) is 13.4. The molecule has 2 aromatic heterocycles. The van der Waals surface area contributed by atoms with Gasteiger partial charge in [-0.05, 0) is 77.4 Å². The zero-order valence-corrected chi connectivity index (χ0v) is 28.7. The van der Waals surface area contributed by atoms with E-state index in [2.05, 4.69) is 209 Å². The first kappa shape index (κ1) is 30.0. The van der Waals surface area contributed by atoms with E-state index in [9.17, 15) is 0 Å². The van der Waals surface area contributed by atoms with Crippen LogP contribution in [0.1, 0.15) is 5.56 Å². The van der Waals surface area contributed by atoms with Crippen LogP contribution in [0, 0.1) is 0 Å². The van der Waals surface area contributed by atoms with Crippen LogP contribution in [0.2, 0.25) is 0 Å². The van der Waals surface area contributed by atoms with Gasteiger partial charge in [-0.3, -0.25) is 0 Å². The number of benzene rings is 7. The summed E-state index contributed by atoms with van der Waals surface area (Å²) in [5, 5.41) is 4.97. The largest absolute Gasteiger partial charge is 0.337 e. The molecular formula is C49H35N3. The second kappa shape index (κ2) is 12.2. The van der Waals surface area contributed by atoms with Crippen molar-refractivity contribution in [2.45, 2.75) is 0 Å². The van der Waals surface area contributed by atoms with Crippen LogP contribution >= 0.6 is 0 Å². The van der Waals surface area contributed by atoms with E-state index < -0.39 is 0 Å². The first-order valence-electron chi connectivity index (χ1n) is 17.9. The molecule has 0 unspecified atom stereocenters. The maximum atomic E-state index is 4.68. The SMILES string of the molecule is C=C1/C=C\C=C/CN(c2ccc(-n3c4ccccc4c4ccccc43)cc2)c2ccc3c4ccccc4n(-c4ccc(-c5ccccc5)cc4)c3c21. The van der Waals surface area contributed by atoms with Crippen molar-refractivity contribution in [3.05, 3.63) is 200 Å². The number of anilines is 2. The zero-order valence-electron chi connectivity index (χ0n) is 28.7. The first-order valence-corrected chi connectivity index (χ1v) is 17.9. The molecule has 1 aliphatic heterocycles. The summed E-state index contributed by atoms with van der Waals surface area (Å²) >= 11 is 0. The molecule has 0 fully saturated rings. The maximum Gasteiger partial charge on any atom is 0.0640 e. The van der Waals surface area contributed by atoms with Crippen LogP contribution in [0.3, 0.4) is 0 Å². The highest BCUT2D eigenvalue weighted by atomic mass is 15.1. The highest BCUT2D eigenvalue weighted by molar-refractivity contribution is 6.15. The van der Waals surface area contributed by atoms with Gasteiger partial charge in [0.05, 0.1) is 27.8 Å². The first-order chi connectivity index (χ1) is 25.7. The summed E-state index contributed by atoms with van der Waals surface area (Å²) in [5.41, 5.74) is 13.8. The van der Waals surface area contributed by atoms with E-state index in [1.165, 1.54) is 49.2 Å². The van der Waals surface area contributed by atoms with E-state index in [0.29, 0.717) is 0 Å². The summed E-state index contributed by atoms with van der Waals surface area (Å²) in [4.78, 5) is 2.42. The molecule has 3 heterocycles. The quantitative estimate of drug-likeness (QED) is 0.182. The number of fused-ring (bicyclic) bond motifs is 8. The van der Waals surface area contributed by atoms with Gasteiger partial charge >= 0.3 is 0 Å². The summed E-state index contributed by atoms with van der Waals surface area (Å²) in [6.07, 6.45) is 8.61. The summed E-state index contributed by atoms with van der Waals surface area (Å²) in [7, 11) is 0. The molecule has 7 aromatic carbocycles. The smallest absolute Gasteiger partial charge is 0.0640 e. The average molecular weight is 666 g/mol. The topological polar surface area (TPSA) is 13.1 Å². The molecule has 1 aliphatic rings. The molecule has 0 aliphatic carbocycles. The fourth-order valence-corrected chi connectivity index (χ4v) is 8.12. The van der Waals surface area contributed by atoms with E-state index in [-0.39, 0.29) is 0 Å². The Hall–Kier alpha value is -6.84. The third-order valence-corrected chi connectivity index (χ3v) is 10.5. The van der Waals surface area contributed by atoms with Gasteiger partial charge in [-0.1, -0.05) is 134 Å². The molecule has 0 spiro atoms. The number of hydrogen-bond donors (Lipinski definition) is 0. The minimum absolute atomic E-state index is 0.719. The van der Waals surface area contributed by atoms with Crippen molar-refractivity contribution in [2.75, 3.05) is 11.4 Å². The summed E-state index contributed by atoms with van der Waals surface area (Å²) < 4.78 is 4.80. The molecule has 0 saturated carbocycles. The molecule has 246 valence electrons. The molecule has 0 atom stereocenters. The summed E-state index contributed by atoms with van der Waals surface area (Å²) in [6.45, 7) is 5.40. The molecule has 0 amide bonds. The Morgan fingerprint density at radius 3 is 1.62 bits per heavy atom. The van der Waals surface area contributed by atoms with Gasteiger partial charge in [-0.15, -0.1) is 0 Å². The van der Waals surface area contributed by atoms with E-state index >= 15 is 0 Å². The fourth-order valence-electron chi connectivity index (χ4n) is 8.12. The van der Waals surface area contributed by atoms with Crippen LogP contribution in [0.5, 0.6) is 0 Å².